The topological polar surface area (TPSA) is 116 Å². The van der Waals surface area contributed by atoms with Crippen LogP contribution in [0.2, 0.25) is 0 Å². The van der Waals surface area contributed by atoms with E-state index < -0.39 is 4.92 Å². The molecule has 0 aliphatic rings. The van der Waals surface area contributed by atoms with Crippen LogP contribution < -0.4 is 5.32 Å². The summed E-state index contributed by atoms with van der Waals surface area (Å²) in [5.41, 5.74) is 0.690. The molecule has 9 heteroatoms. The van der Waals surface area contributed by atoms with Crippen molar-refractivity contribution in [2.45, 2.75) is 6.54 Å². The second kappa shape index (κ2) is 6.10. The Morgan fingerprint density at radius 2 is 2.22 bits per heavy atom. The molecule has 9 nitrogen and oxygen atoms in total. The fourth-order valence-electron chi connectivity index (χ4n) is 1.92. The zero-order valence-corrected chi connectivity index (χ0v) is 11.7. The number of hydrogen-bond donors (Lipinski definition) is 1. The number of fused-ring (bicyclic) bond motifs is 1. The summed E-state index contributed by atoms with van der Waals surface area (Å²) >= 11 is 0. The van der Waals surface area contributed by atoms with Crippen molar-refractivity contribution in [3.8, 4) is 0 Å². The average molecular weight is 313 g/mol. The highest BCUT2D eigenvalue weighted by atomic mass is 16.6. The van der Waals surface area contributed by atoms with Crippen LogP contribution >= 0.6 is 0 Å². The molecule has 0 radical (unpaired) electrons. The molecular formula is C14H11N5O4. The zero-order valence-electron chi connectivity index (χ0n) is 11.7. The van der Waals surface area contributed by atoms with Gasteiger partial charge in [-0.2, -0.15) is 0 Å². The Hall–Kier alpha value is -3.49. The van der Waals surface area contributed by atoms with E-state index in [1.165, 1.54) is 24.3 Å². The van der Waals surface area contributed by atoms with Gasteiger partial charge in [0.15, 0.2) is 11.5 Å². The third-order valence-corrected chi connectivity index (χ3v) is 3.00. The van der Waals surface area contributed by atoms with Crippen LogP contribution in [0.25, 0.3) is 11.7 Å². The van der Waals surface area contributed by atoms with Crippen molar-refractivity contribution in [1.29, 1.82) is 0 Å². The van der Waals surface area contributed by atoms with Crippen LogP contribution in [-0.4, -0.2) is 25.4 Å². The Bertz CT molecular complexity index is 895. The number of furan rings is 1. The Labute approximate surface area is 129 Å². The third-order valence-electron chi connectivity index (χ3n) is 3.00. The van der Waals surface area contributed by atoms with Crippen LogP contribution in [0.3, 0.4) is 0 Å². The Morgan fingerprint density at radius 3 is 3.00 bits per heavy atom. The molecule has 0 unspecified atom stereocenters. The largest absolute Gasteiger partial charge is 0.433 e. The second-order valence-electron chi connectivity index (χ2n) is 4.53. The van der Waals surface area contributed by atoms with Gasteiger partial charge in [-0.3, -0.25) is 19.3 Å². The number of aromatic nitrogens is 3. The molecule has 0 fully saturated rings. The van der Waals surface area contributed by atoms with Gasteiger partial charge in [-0.05, 0) is 24.3 Å². The van der Waals surface area contributed by atoms with Gasteiger partial charge in [0.1, 0.15) is 10.7 Å². The van der Waals surface area contributed by atoms with Gasteiger partial charge in [-0.25, -0.2) is 0 Å². The molecule has 0 saturated heterocycles. The van der Waals surface area contributed by atoms with Gasteiger partial charge < -0.3 is 9.73 Å². The summed E-state index contributed by atoms with van der Waals surface area (Å²) in [6.07, 6.45) is 4.38. The quantitative estimate of drug-likeness (QED) is 0.434. The first-order valence-electron chi connectivity index (χ1n) is 6.62. The first-order valence-corrected chi connectivity index (χ1v) is 6.62. The smallest absolute Gasteiger partial charge is 0.401 e. The molecule has 116 valence electrons. The van der Waals surface area contributed by atoms with E-state index in [0.29, 0.717) is 11.5 Å². The predicted molar refractivity (Wildman–Crippen MR) is 79.2 cm³/mol. The van der Waals surface area contributed by atoms with Gasteiger partial charge in [-0.15, -0.1) is 10.2 Å². The molecule has 0 atom stereocenters. The summed E-state index contributed by atoms with van der Waals surface area (Å²) < 4.78 is 6.67. The summed E-state index contributed by atoms with van der Waals surface area (Å²) in [6, 6.07) is 8.12. The summed E-state index contributed by atoms with van der Waals surface area (Å²) in [4.78, 5) is 21.6. The fourth-order valence-corrected chi connectivity index (χ4v) is 1.92. The minimum Gasteiger partial charge on any atom is -0.401 e. The van der Waals surface area contributed by atoms with Crippen molar-refractivity contribution in [2.24, 2.45) is 0 Å². The highest BCUT2D eigenvalue weighted by Gasteiger charge is 2.10. The molecule has 0 aromatic carbocycles. The standard InChI is InChI=1S/C14H11N5O4/c20-13(6-4-10-5-7-14(23-10)19(21)22)15-9-12-17-16-11-3-1-2-8-18(11)12/h1-8H,9H2,(H,15,20)/b6-4+. The number of nitro groups is 1. The van der Waals surface area contributed by atoms with Gasteiger partial charge in [0.2, 0.25) is 5.91 Å². The first-order chi connectivity index (χ1) is 11.1. The molecular weight excluding hydrogens is 302 g/mol. The lowest BCUT2D eigenvalue weighted by molar-refractivity contribution is -0.402. The van der Waals surface area contributed by atoms with E-state index in [0.717, 1.165) is 0 Å². The maximum absolute atomic E-state index is 11.8. The third kappa shape index (κ3) is 3.23. The number of rotatable bonds is 5. The zero-order chi connectivity index (χ0) is 16.2. The molecule has 3 aromatic rings. The SMILES string of the molecule is O=C(/C=C/c1ccc([N+](=O)[O-])o1)NCc1nnc2ccccn12. The summed E-state index contributed by atoms with van der Waals surface area (Å²) in [6.45, 7) is 0.201. The molecule has 3 rings (SSSR count). The van der Waals surface area contributed by atoms with Crippen molar-refractivity contribution in [3.63, 3.8) is 0 Å². The number of carbonyl (C=O) groups excluding carboxylic acids is 1. The van der Waals surface area contributed by atoms with Crippen molar-refractivity contribution < 1.29 is 14.1 Å². The van der Waals surface area contributed by atoms with Crippen LogP contribution in [0.5, 0.6) is 0 Å². The lowest BCUT2D eigenvalue weighted by atomic mass is 10.4. The number of nitrogens with one attached hydrogen (secondary N) is 1. The molecule has 0 saturated carbocycles. The van der Waals surface area contributed by atoms with Crippen LogP contribution in [0, 0.1) is 10.1 Å². The highest BCUT2D eigenvalue weighted by molar-refractivity contribution is 5.91. The molecule has 3 aromatic heterocycles. The van der Waals surface area contributed by atoms with E-state index in [9.17, 15) is 14.9 Å². The molecule has 0 spiro atoms. The second-order valence-corrected chi connectivity index (χ2v) is 4.53. The maximum atomic E-state index is 11.8. The average Bonchev–Trinajstić information content (AvgIpc) is 3.18. The highest BCUT2D eigenvalue weighted by Crippen LogP contribution is 2.16. The number of carbonyl (C=O) groups is 1. The summed E-state index contributed by atoms with van der Waals surface area (Å²) in [7, 11) is 0. The van der Waals surface area contributed by atoms with Crippen LogP contribution in [-0.2, 0) is 11.3 Å². The van der Waals surface area contributed by atoms with Crippen molar-refractivity contribution >= 4 is 23.5 Å². The molecule has 1 amide bonds. The van der Waals surface area contributed by atoms with E-state index in [4.69, 9.17) is 4.42 Å². The Balaban J connectivity index is 1.61. The molecule has 0 bridgehead atoms. The Morgan fingerprint density at radius 1 is 1.35 bits per heavy atom. The maximum Gasteiger partial charge on any atom is 0.433 e. The predicted octanol–water partition coefficient (Wildman–Crippen LogP) is 1.56. The monoisotopic (exact) mass is 313 g/mol. The van der Waals surface area contributed by atoms with Gasteiger partial charge in [0.05, 0.1) is 12.6 Å². The lowest BCUT2D eigenvalue weighted by Gasteiger charge is -2.00. The number of amides is 1. The van der Waals surface area contributed by atoms with E-state index in [1.54, 1.807) is 10.6 Å². The summed E-state index contributed by atoms with van der Waals surface area (Å²) in [5.74, 6) is 0.0625. The van der Waals surface area contributed by atoms with Crippen LogP contribution in [0.4, 0.5) is 5.88 Å². The van der Waals surface area contributed by atoms with Gasteiger partial charge in [0.25, 0.3) is 0 Å². The number of pyridine rings is 1. The summed E-state index contributed by atoms with van der Waals surface area (Å²) in [5, 5.41) is 21.1. The first kappa shape index (κ1) is 14.4. The Kier molecular flexibility index (Phi) is 3.83. The molecule has 23 heavy (non-hydrogen) atoms. The molecule has 1 N–H and O–H groups in total. The van der Waals surface area contributed by atoms with Gasteiger partial charge >= 0.3 is 5.88 Å². The van der Waals surface area contributed by atoms with E-state index in [-0.39, 0.29) is 24.1 Å². The van der Waals surface area contributed by atoms with E-state index in [1.807, 2.05) is 18.2 Å². The minimum absolute atomic E-state index is 0.201. The lowest BCUT2D eigenvalue weighted by Crippen LogP contribution is -2.21. The molecule has 0 aliphatic carbocycles. The fraction of sp³-hybridized carbons (Fsp3) is 0.0714. The van der Waals surface area contributed by atoms with Crippen molar-refractivity contribution in [2.75, 3.05) is 0 Å². The van der Waals surface area contributed by atoms with E-state index in [2.05, 4.69) is 15.5 Å². The molecule has 3 heterocycles. The van der Waals surface area contributed by atoms with Crippen molar-refractivity contribution in [3.05, 3.63) is 64.3 Å². The van der Waals surface area contributed by atoms with Crippen molar-refractivity contribution in [1.82, 2.24) is 19.9 Å². The minimum atomic E-state index is -0.645. The normalized spacial score (nSPS) is 11.1. The molecule has 0 aliphatic heterocycles. The number of nitrogens with zero attached hydrogens (tertiary/aromatic N) is 4. The van der Waals surface area contributed by atoms with Crippen LogP contribution in [0.15, 0.2) is 47.0 Å². The van der Waals surface area contributed by atoms with Gasteiger partial charge in [0, 0.05) is 12.3 Å². The van der Waals surface area contributed by atoms with Gasteiger partial charge in [-0.1, -0.05) is 6.07 Å². The number of hydrogen-bond acceptors (Lipinski definition) is 6. The van der Waals surface area contributed by atoms with Crippen LogP contribution in [0.1, 0.15) is 11.6 Å². The van der Waals surface area contributed by atoms with E-state index >= 15 is 0 Å².